The molecule has 0 aromatic heterocycles. The van der Waals surface area contributed by atoms with Crippen LogP contribution in [0.3, 0.4) is 0 Å². The number of carbonyl (C=O) groups excluding carboxylic acids is 1. The molecule has 100 valence electrons. The predicted molar refractivity (Wildman–Crippen MR) is 69.1 cm³/mol. The van der Waals surface area contributed by atoms with Crippen molar-refractivity contribution in [3.05, 3.63) is 29.6 Å². The zero-order valence-corrected chi connectivity index (χ0v) is 10.9. The van der Waals surface area contributed by atoms with Crippen molar-refractivity contribution in [1.82, 2.24) is 5.32 Å². The quantitative estimate of drug-likeness (QED) is 0.772. The van der Waals surface area contributed by atoms with Crippen LogP contribution in [0.2, 0.25) is 0 Å². The largest absolute Gasteiger partial charge is 0.394 e. The van der Waals surface area contributed by atoms with E-state index in [9.17, 15) is 14.3 Å². The zero-order valence-electron chi connectivity index (χ0n) is 10.9. The molecule has 0 bridgehead atoms. The third kappa shape index (κ3) is 3.70. The molecule has 3 N–H and O–H groups in total. The molecule has 0 saturated heterocycles. The molecule has 0 aliphatic rings. The Bertz CT molecular complexity index is 431. The highest BCUT2D eigenvalue weighted by atomic mass is 19.1. The molecule has 0 radical (unpaired) electrons. The minimum Gasteiger partial charge on any atom is -0.394 e. The van der Waals surface area contributed by atoms with E-state index >= 15 is 0 Å². The van der Waals surface area contributed by atoms with Gasteiger partial charge in [0.15, 0.2) is 0 Å². The predicted octanol–water partition coefficient (Wildman–Crippen LogP) is 2.42. The first-order valence-electron chi connectivity index (χ1n) is 5.86. The van der Waals surface area contributed by atoms with Crippen LogP contribution in [-0.2, 0) is 0 Å². The van der Waals surface area contributed by atoms with Crippen molar-refractivity contribution < 1.29 is 14.3 Å². The van der Waals surface area contributed by atoms with Crippen LogP contribution in [0.1, 0.15) is 25.8 Å². The van der Waals surface area contributed by atoms with Gasteiger partial charge in [-0.25, -0.2) is 9.18 Å². The van der Waals surface area contributed by atoms with Crippen LogP contribution in [-0.4, -0.2) is 23.3 Å². The molecule has 1 unspecified atom stereocenters. The molecule has 0 aliphatic heterocycles. The number of aryl methyl sites for hydroxylation is 1. The van der Waals surface area contributed by atoms with E-state index in [4.69, 9.17) is 0 Å². The molecule has 1 atom stereocenters. The van der Waals surface area contributed by atoms with Gasteiger partial charge in [0.1, 0.15) is 5.82 Å². The van der Waals surface area contributed by atoms with Crippen LogP contribution >= 0.6 is 0 Å². The van der Waals surface area contributed by atoms with Crippen molar-refractivity contribution in [2.45, 2.75) is 32.7 Å². The lowest BCUT2D eigenvalue weighted by atomic mass is 10.0. The number of hydrogen-bond donors (Lipinski definition) is 3. The van der Waals surface area contributed by atoms with Crippen LogP contribution in [0.4, 0.5) is 14.9 Å². The first-order chi connectivity index (χ1) is 8.40. The van der Waals surface area contributed by atoms with Crippen molar-refractivity contribution in [3.8, 4) is 0 Å². The normalized spacial score (nSPS) is 13.8. The summed E-state index contributed by atoms with van der Waals surface area (Å²) < 4.78 is 12.9. The van der Waals surface area contributed by atoms with Crippen LogP contribution in [0.15, 0.2) is 18.2 Å². The standard InChI is InChI=1S/C13H19FN2O2/c1-4-13(3,8-17)16-12(18)15-11-6-5-10(14)7-9(11)2/h5-7,17H,4,8H2,1-3H3,(H2,15,16,18). The number of amides is 2. The Labute approximate surface area is 106 Å². The summed E-state index contributed by atoms with van der Waals surface area (Å²) in [5.41, 5.74) is 0.538. The fourth-order valence-electron chi connectivity index (χ4n) is 1.43. The van der Waals surface area contributed by atoms with Gasteiger partial charge in [0.2, 0.25) is 0 Å². The number of halogens is 1. The lowest BCUT2D eigenvalue weighted by molar-refractivity contribution is 0.172. The number of hydrogen-bond acceptors (Lipinski definition) is 2. The van der Waals surface area contributed by atoms with Crippen molar-refractivity contribution >= 4 is 11.7 Å². The zero-order chi connectivity index (χ0) is 13.8. The Balaban J connectivity index is 2.70. The highest BCUT2D eigenvalue weighted by Crippen LogP contribution is 2.16. The maximum atomic E-state index is 12.9. The van der Waals surface area contributed by atoms with Gasteiger partial charge in [-0.15, -0.1) is 0 Å². The van der Waals surface area contributed by atoms with Crippen molar-refractivity contribution in [3.63, 3.8) is 0 Å². The SMILES string of the molecule is CCC(C)(CO)NC(=O)Nc1ccc(F)cc1C. The number of rotatable bonds is 4. The van der Waals surface area contributed by atoms with Gasteiger partial charge in [-0.2, -0.15) is 0 Å². The number of urea groups is 1. The summed E-state index contributed by atoms with van der Waals surface area (Å²) in [5.74, 6) is -0.341. The van der Waals surface area contributed by atoms with Gasteiger partial charge in [-0.1, -0.05) is 6.92 Å². The fraction of sp³-hybridized carbons (Fsp3) is 0.462. The molecule has 1 aromatic rings. The first kappa shape index (κ1) is 14.4. The smallest absolute Gasteiger partial charge is 0.319 e. The summed E-state index contributed by atoms with van der Waals surface area (Å²) in [4.78, 5) is 11.8. The molecule has 2 amide bonds. The Morgan fingerprint density at radius 3 is 2.67 bits per heavy atom. The van der Waals surface area contributed by atoms with Crippen LogP contribution in [0.5, 0.6) is 0 Å². The summed E-state index contributed by atoms with van der Waals surface area (Å²) in [6.45, 7) is 5.20. The van der Waals surface area contributed by atoms with E-state index in [-0.39, 0.29) is 12.4 Å². The van der Waals surface area contributed by atoms with E-state index in [0.717, 1.165) is 0 Å². The Kier molecular flexibility index (Phi) is 4.67. The number of benzene rings is 1. The number of aliphatic hydroxyl groups excluding tert-OH is 1. The lowest BCUT2D eigenvalue weighted by Crippen LogP contribution is -2.50. The molecule has 0 fully saturated rings. The summed E-state index contributed by atoms with van der Waals surface area (Å²) in [7, 11) is 0. The van der Waals surface area contributed by atoms with Crippen molar-refractivity contribution in [2.24, 2.45) is 0 Å². The van der Waals surface area contributed by atoms with Gasteiger partial charge in [0, 0.05) is 5.69 Å². The number of aliphatic hydroxyl groups is 1. The highest BCUT2D eigenvalue weighted by molar-refractivity contribution is 5.90. The molecule has 18 heavy (non-hydrogen) atoms. The summed E-state index contributed by atoms with van der Waals surface area (Å²) in [5, 5.41) is 14.5. The average Bonchev–Trinajstić information content (AvgIpc) is 2.32. The molecule has 4 nitrogen and oxygen atoms in total. The van der Waals surface area contributed by atoms with E-state index in [1.54, 1.807) is 13.8 Å². The van der Waals surface area contributed by atoms with Gasteiger partial charge in [0.25, 0.3) is 0 Å². The third-order valence-corrected chi connectivity index (χ3v) is 2.98. The van der Waals surface area contributed by atoms with E-state index < -0.39 is 11.6 Å². The van der Waals surface area contributed by atoms with E-state index in [0.29, 0.717) is 17.7 Å². The van der Waals surface area contributed by atoms with Crippen molar-refractivity contribution in [2.75, 3.05) is 11.9 Å². The number of carbonyl (C=O) groups is 1. The molecule has 1 rings (SSSR count). The Morgan fingerprint density at radius 1 is 1.50 bits per heavy atom. The van der Waals surface area contributed by atoms with E-state index in [1.807, 2.05) is 6.92 Å². The van der Waals surface area contributed by atoms with Gasteiger partial charge in [-0.3, -0.25) is 0 Å². The van der Waals surface area contributed by atoms with Gasteiger partial charge >= 0.3 is 6.03 Å². The minimum absolute atomic E-state index is 0.140. The summed E-state index contributed by atoms with van der Waals surface area (Å²) in [6.07, 6.45) is 0.610. The Morgan fingerprint density at radius 2 is 2.17 bits per heavy atom. The van der Waals surface area contributed by atoms with E-state index in [1.165, 1.54) is 18.2 Å². The Hall–Kier alpha value is -1.62. The highest BCUT2D eigenvalue weighted by Gasteiger charge is 2.23. The van der Waals surface area contributed by atoms with Gasteiger partial charge in [0.05, 0.1) is 12.1 Å². The summed E-state index contributed by atoms with van der Waals surface area (Å²) >= 11 is 0. The van der Waals surface area contributed by atoms with Crippen molar-refractivity contribution in [1.29, 1.82) is 0 Å². The maximum absolute atomic E-state index is 12.9. The molecule has 0 aliphatic carbocycles. The second kappa shape index (κ2) is 5.82. The monoisotopic (exact) mass is 254 g/mol. The second-order valence-corrected chi connectivity index (χ2v) is 4.61. The molecule has 0 spiro atoms. The molecule has 0 heterocycles. The fourth-order valence-corrected chi connectivity index (χ4v) is 1.43. The second-order valence-electron chi connectivity index (χ2n) is 4.61. The average molecular weight is 254 g/mol. The van der Waals surface area contributed by atoms with Gasteiger partial charge < -0.3 is 15.7 Å². The molecular weight excluding hydrogens is 235 g/mol. The maximum Gasteiger partial charge on any atom is 0.319 e. The molecular formula is C13H19FN2O2. The van der Waals surface area contributed by atoms with Crippen LogP contribution in [0, 0.1) is 12.7 Å². The minimum atomic E-state index is -0.655. The third-order valence-electron chi connectivity index (χ3n) is 2.98. The number of anilines is 1. The molecule has 1 aromatic carbocycles. The lowest BCUT2D eigenvalue weighted by Gasteiger charge is -2.27. The van der Waals surface area contributed by atoms with Crippen LogP contribution in [0.25, 0.3) is 0 Å². The first-order valence-corrected chi connectivity index (χ1v) is 5.86. The van der Waals surface area contributed by atoms with E-state index in [2.05, 4.69) is 10.6 Å². The molecule has 0 saturated carbocycles. The topological polar surface area (TPSA) is 61.4 Å². The van der Waals surface area contributed by atoms with Crippen LogP contribution < -0.4 is 10.6 Å². The van der Waals surface area contributed by atoms with Gasteiger partial charge in [-0.05, 0) is 44.0 Å². The number of nitrogens with one attached hydrogen (secondary N) is 2. The summed E-state index contributed by atoms with van der Waals surface area (Å²) in [6, 6.07) is 3.73. The molecule has 5 heteroatoms.